The molecule has 0 atom stereocenters. The van der Waals surface area contributed by atoms with Crippen molar-refractivity contribution in [2.24, 2.45) is 0 Å². The van der Waals surface area contributed by atoms with Gasteiger partial charge in [0.2, 0.25) is 0 Å². The molecule has 2 aromatic carbocycles. The van der Waals surface area contributed by atoms with E-state index < -0.39 is 0 Å². The topological polar surface area (TPSA) is 0 Å². The van der Waals surface area contributed by atoms with E-state index in [0.29, 0.717) is 0 Å². The van der Waals surface area contributed by atoms with Gasteiger partial charge in [0.1, 0.15) is 0 Å². The largest absolute Gasteiger partial charge is 0.0516 e. The lowest BCUT2D eigenvalue weighted by atomic mass is 9.80. The Kier molecular flexibility index (Phi) is 3.48. The quantitative estimate of drug-likeness (QED) is 0.392. The predicted molar refractivity (Wildman–Crippen MR) is 104 cm³/mol. The normalized spacial score (nSPS) is 15.2. The van der Waals surface area contributed by atoms with Crippen LogP contribution in [0, 0.1) is 27.9 Å². The van der Waals surface area contributed by atoms with Gasteiger partial charge >= 0.3 is 0 Å². The van der Waals surface area contributed by atoms with E-state index in [4.69, 9.17) is 0 Å². The summed E-state index contributed by atoms with van der Waals surface area (Å²) in [6, 6.07) is 7.09. The van der Waals surface area contributed by atoms with Crippen LogP contribution in [0.15, 0.2) is 18.2 Å². The van der Waals surface area contributed by atoms with Crippen LogP contribution < -0.4 is 0 Å². The molecule has 0 bridgehead atoms. The number of aryl methyl sites for hydroxylation is 2. The number of fused-ring (bicyclic) bond motifs is 3. The van der Waals surface area contributed by atoms with E-state index in [-0.39, 0.29) is 5.41 Å². The maximum absolute atomic E-state index is 2.47. The molecule has 3 rings (SSSR count). The number of rotatable bonds is 0. The lowest BCUT2D eigenvalue weighted by Crippen LogP contribution is -2.17. The van der Waals surface area contributed by atoms with Gasteiger partial charge in [-0.05, 0) is 117 Å². The van der Waals surface area contributed by atoms with Crippen LogP contribution in [0.1, 0.15) is 41.7 Å². The highest BCUT2D eigenvalue weighted by Gasteiger charge is 2.38. The SMILES string of the molecule is Cc1cc2c(cc1I)C(C)(C)c1c(C)c(I)cc(C)c1-2. The maximum Gasteiger partial charge on any atom is 0.0165 e. The first kappa shape index (κ1) is 14.8. The number of hydrogen-bond donors (Lipinski definition) is 0. The fourth-order valence-electron chi connectivity index (χ4n) is 3.54. The van der Waals surface area contributed by atoms with Gasteiger partial charge in [0, 0.05) is 12.6 Å². The zero-order valence-corrected chi connectivity index (χ0v) is 16.8. The maximum atomic E-state index is 2.47. The number of benzene rings is 2. The molecule has 20 heavy (non-hydrogen) atoms. The molecule has 0 saturated carbocycles. The van der Waals surface area contributed by atoms with Crippen molar-refractivity contribution in [3.63, 3.8) is 0 Å². The summed E-state index contributed by atoms with van der Waals surface area (Å²) in [5, 5.41) is 0. The van der Waals surface area contributed by atoms with Gasteiger partial charge in [0.15, 0.2) is 0 Å². The first-order chi connectivity index (χ1) is 9.25. The van der Waals surface area contributed by atoms with Crippen molar-refractivity contribution in [2.75, 3.05) is 0 Å². The average molecular weight is 488 g/mol. The molecule has 0 heterocycles. The zero-order chi connectivity index (χ0) is 14.8. The van der Waals surface area contributed by atoms with Crippen molar-refractivity contribution in [3.05, 3.63) is 53.2 Å². The Hall–Kier alpha value is -0.100. The summed E-state index contributed by atoms with van der Waals surface area (Å²) in [5.41, 5.74) is 10.3. The smallest absolute Gasteiger partial charge is 0.0165 e. The molecule has 0 spiro atoms. The van der Waals surface area contributed by atoms with Crippen molar-refractivity contribution in [2.45, 2.75) is 40.0 Å². The third kappa shape index (κ3) is 1.90. The summed E-state index contributed by atoms with van der Waals surface area (Å²) in [5.74, 6) is 0. The lowest BCUT2D eigenvalue weighted by Gasteiger charge is -2.24. The standard InChI is InChI=1S/C18H18I2/c1-9-6-12-13(8-14(9)19)18(4,5)17-11(3)15(20)7-10(2)16(12)17/h6-8H,1-5H3. The first-order valence-electron chi connectivity index (χ1n) is 6.86. The summed E-state index contributed by atoms with van der Waals surface area (Å²) in [6.07, 6.45) is 0. The van der Waals surface area contributed by atoms with E-state index in [0.717, 1.165) is 0 Å². The average Bonchev–Trinajstić information content (AvgIpc) is 2.57. The summed E-state index contributed by atoms with van der Waals surface area (Å²) >= 11 is 4.93. The van der Waals surface area contributed by atoms with Gasteiger partial charge in [-0.2, -0.15) is 0 Å². The molecule has 0 N–H and O–H groups in total. The Balaban J connectivity index is 2.49. The minimum absolute atomic E-state index is 0.105. The van der Waals surface area contributed by atoms with Gasteiger partial charge in [-0.15, -0.1) is 0 Å². The highest BCUT2D eigenvalue weighted by molar-refractivity contribution is 14.1. The van der Waals surface area contributed by atoms with Crippen molar-refractivity contribution in [1.82, 2.24) is 0 Å². The second kappa shape index (κ2) is 4.70. The molecule has 0 nitrogen and oxygen atoms in total. The van der Waals surface area contributed by atoms with Gasteiger partial charge in [-0.25, -0.2) is 0 Å². The van der Waals surface area contributed by atoms with Crippen molar-refractivity contribution in [1.29, 1.82) is 0 Å². The van der Waals surface area contributed by atoms with E-state index in [1.165, 1.54) is 46.1 Å². The molecule has 2 aromatic rings. The summed E-state index contributed by atoms with van der Waals surface area (Å²) in [4.78, 5) is 0. The number of hydrogen-bond acceptors (Lipinski definition) is 0. The lowest BCUT2D eigenvalue weighted by molar-refractivity contribution is 0.654. The predicted octanol–water partition coefficient (Wildman–Crippen LogP) is 6.13. The molecule has 104 valence electrons. The Labute approximate surface area is 148 Å². The molecular formula is C18H18I2. The van der Waals surface area contributed by atoms with Gasteiger partial charge < -0.3 is 0 Å². The van der Waals surface area contributed by atoms with E-state index in [1.807, 2.05) is 0 Å². The molecule has 0 amide bonds. The third-order valence-electron chi connectivity index (χ3n) is 4.59. The molecule has 0 saturated heterocycles. The molecule has 0 unspecified atom stereocenters. The fourth-order valence-corrected chi connectivity index (χ4v) is 4.75. The summed E-state index contributed by atoms with van der Waals surface area (Å²) in [7, 11) is 0. The second-order valence-electron chi connectivity index (χ2n) is 6.32. The highest BCUT2D eigenvalue weighted by Crippen LogP contribution is 2.52. The van der Waals surface area contributed by atoms with Crippen LogP contribution in [-0.4, -0.2) is 0 Å². The molecule has 0 aliphatic heterocycles. The summed E-state index contributed by atoms with van der Waals surface area (Å²) in [6.45, 7) is 11.5. The molecule has 0 fully saturated rings. The monoisotopic (exact) mass is 488 g/mol. The van der Waals surface area contributed by atoms with Crippen LogP contribution in [0.25, 0.3) is 11.1 Å². The molecule has 1 aliphatic carbocycles. The van der Waals surface area contributed by atoms with Crippen LogP contribution in [0.2, 0.25) is 0 Å². The van der Waals surface area contributed by atoms with E-state index in [2.05, 4.69) is 98.0 Å². The Morgan fingerprint density at radius 1 is 0.850 bits per heavy atom. The van der Waals surface area contributed by atoms with Crippen LogP contribution in [0.4, 0.5) is 0 Å². The minimum atomic E-state index is 0.105. The number of halogens is 2. The molecule has 0 aromatic heterocycles. The van der Waals surface area contributed by atoms with E-state index >= 15 is 0 Å². The zero-order valence-electron chi connectivity index (χ0n) is 12.5. The van der Waals surface area contributed by atoms with Gasteiger partial charge in [-0.1, -0.05) is 19.9 Å². The van der Waals surface area contributed by atoms with E-state index in [9.17, 15) is 0 Å². The Bertz CT molecular complexity index is 740. The Morgan fingerprint density at radius 3 is 2.15 bits per heavy atom. The van der Waals surface area contributed by atoms with Gasteiger partial charge in [0.05, 0.1) is 0 Å². The third-order valence-corrected chi connectivity index (χ3v) is 6.87. The van der Waals surface area contributed by atoms with Gasteiger partial charge in [0.25, 0.3) is 0 Å². The Morgan fingerprint density at radius 2 is 1.50 bits per heavy atom. The minimum Gasteiger partial charge on any atom is -0.0516 e. The van der Waals surface area contributed by atoms with E-state index in [1.54, 1.807) is 0 Å². The molecule has 0 radical (unpaired) electrons. The molecule has 2 heteroatoms. The van der Waals surface area contributed by atoms with Crippen LogP contribution in [-0.2, 0) is 5.41 Å². The second-order valence-corrected chi connectivity index (χ2v) is 8.65. The molecular weight excluding hydrogens is 470 g/mol. The molecule has 1 aliphatic rings. The van der Waals surface area contributed by atoms with Crippen LogP contribution in [0.5, 0.6) is 0 Å². The van der Waals surface area contributed by atoms with Crippen LogP contribution >= 0.6 is 45.2 Å². The fraction of sp³-hybridized carbons (Fsp3) is 0.333. The van der Waals surface area contributed by atoms with Crippen LogP contribution in [0.3, 0.4) is 0 Å². The van der Waals surface area contributed by atoms with Crippen molar-refractivity contribution < 1.29 is 0 Å². The van der Waals surface area contributed by atoms with Gasteiger partial charge in [-0.3, -0.25) is 0 Å². The van der Waals surface area contributed by atoms with Crippen molar-refractivity contribution >= 4 is 45.2 Å². The highest BCUT2D eigenvalue weighted by atomic mass is 127. The van der Waals surface area contributed by atoms with Crippen molar-refractivity contribution in [3.8, 4) is 11.1 Å². The summed E-state index contributed by atoms with van der Waals surface area (Å²) < 4.78 is 2.75. The first-order valence-corrected chi connectivity index (χ1v) is 9.02.